The maximum Gasteiger partial charge on any atom is 0.416 e. The highest BCUT2D eigenvalue weighted by Crippen LogP contribution is 2.32. The van der Waals surface area contributed by atoms with E-state index in [0.717, 1.165) is 7.05 Å². The summed E-state index contributed by atoms with van der Waals surface area (Å²) in [5.41, 5.74) is -1.24. The average molecular weight is 329 g/mol. The van der Waals surface area contributed by atoms with Crippen molar-refractivity contribution >= 4 is 10.0 Å². The molecule has 0 amide bonds. The van der Waals surface area contributed by atoms with Crippen LogP contribution >= 0.6 is 0 Å². The molecule has 0 spiro atoms. The van der Waals surface area contributed by atoms with E-state index in [4.69, 9.17) is 5.11 Å². The number of alkyl halides is 3. The second kappa shape index (κ2) is 6.29. The topological polar surface area (TPSA) is 57.6 Å². The fourth-order valence-electron chi connectivity index (χ4n) is 1.53. The van der Waals surface area contributed by atoms with Crippen LogP contribution in [0.15, 0.2) is 23.1 Å². The highest BCUT2D eigenvalue weighted by Gasteiger charge is 2.34. The molecule has 1 atom stereocenters. The fourth-order valence-corrected chi connectivity index (χ4v) is 2.81. The normalized spacial score (nSPS) is 14.5. The minimum atomic E-state index is -4.77. The van der Waals surface area contributed by atoms with Crippen LogP contribution in [0.5, 0.6) is 0 Å². The van der Waals surface area contributed by atoms with Gasteiger partial charge in [0, 0.05) is 13.6 Å². The van der Waals surface area contributed by atoms with E-state index in [1.165, 1.54) is 6.92 Å². The molecular weight excluding hydrogens is 314 g/mol. The van der Waals surface area contributed by atoms with Crippen LogP contribution in [0.2, 0.25) is 0 Å². The van der Waals surface area contributed by atoms with Crippen LogP contribution in [-0.2, 0) is 16.2 Å². The minimum Gasteiger partial charge on any atom is -0.393 e. The van der Waals surface area contributed by atoms with Crippen molar-refractivity contribution in [1.29, 1.82) is 0 Å². The van der Waals surface area contributed by atoms with Crippen LogP contribution in [-0.4, -0.2) is 37.5 Å². The molecule has 1 rings (SSSR count). The molecule has 0 aromatic heterocycles. The van der Waals surface area contributed by atoms with E-state index in [1.54, 1.807) is 0 Å². The summed E-state index contributed by atoms with van der Waals surface area (Å²) >= 11 is 0. The number of sulfonamides is 1. The van der Waals surface area contributed by atoms with Gasteiger partial charge in [0.1, 0.15) is 10.7 Å². The number of aliphatic hydroxyl groups is 1. The Labute approximate surface area is 120 Å². The number of hydrogen-bond acceptors (Lipinski definition) is 3. The molecule has 0 heterocycles. The van der Waals surface area contributed by atoms with Crippen molar-refractivity contribution < 1.29 is 31.1 Å². The Kier molecular flexibility index (Phi) is 5.35. The lowest BCUT2D eigenvalue weighted by Gasteiger charge is -2.19. The van der Waals surface area contributed by atoms with Crippen LogP contribution in [0.1, 0.15) is 18.9 Å². The van der Waals surface area contributed by atoms with Crippen LogP contribution in [0.25, 0.3) is 0 Å². The Morgan fingerprint density at radius 3 is 2.38 bits per heavy atom. The molecule has 1 aromatic carbocycles. The Morgan fingerprint density at radius 2 is 1.90 bits per heavy atom. The van der Waals surface area contributed by atoms with Gasteiger partial charge in [0.2, 0.25) is 10.0 Å². The smallest absolute Gasteiger partial charge is 0.393 e. The molecule has 0 fully saturated rings. The average Bonchev–Trinajstić information content (AvgIpc) is 2.34. The van der Waals surface area contributed by atoms with E-state index >= 15 is 0 Å². The Morgan fingerprint density at radius 1 is 1.33 bits per heavy atom. The number of nitrogens with zero attached hydrogens (tertiary/aromatic N) is 1. The van der Waals surface area contributed by atoms with Crippen molar-refractivity contribution in [3.63, 3.8) is 0 Å². The maximum atomic E-state index is 13.6. The van der Waals surface area contributed by atoms with Crippen molar-refractivity contribution in [3.05, 3.63) is 29.6 Å². The summed E-state index contributed by atoms with van der Waals surface area (Å²) in [4.78, 5) is -1.04. The van der Waals surface area contributed by atoms with Gasteiger partial charge in [0.05, 0.1) is 11.7 Å². The molecular formula is C12H15F4NO3S. The highest BCUT2D eigenvalue weighted by molar-refractivity contribution is 7.89. The van der Waals surface area contributed by atoms with E-state index in [2.05, 4.69) is 0 Å². The molecule has 0 bridgehead atoms. The van der Waals surface area contributed by atoms with E-state index in [1.807, 2.05) is 0 Å². The molecule has 1 unspecified atom stereocenters. The van der Waals surface area contributed by atoms with Crippen molar-refractivity contribution in [2.24, 2.45) is 0 Å². The molecule has 0 saturated carbocycles. The van der Waals surface area contributed by atoms with Crippen LogP contribution in [0.4, 0.5) is 17.6 Å². The largest absolute Gasteiger partial charge is 0.416 e. The molecule has 120 valence electrons. The number of hydrogen-bond donors (Lipinski definition) is 1. The van der Waals surface area contributed by atoms with Gasteiger partial charge >= 0.3 is 6.18 Å². The van der Waals surface area contributed by atoms with Gasteiger partial charge in [0.15, 0.2) is 0 Å². The van der Waals surface area contributed by atoms with Gasteiger partial charge in [-0.1, -0.05) is 0 Å². The molecule has 0 saturated heterocycles. The molecule has 0 radical (unpaired) electrons. The number of rotatable bonds is 5. The van der Waals surface area contributed by atoms with E-state index < -0.39 is 38.6 Å². The van der Waals surface area contributed by atoms with Crippen molar-refractivity contribution in [3.8, 4) is 0 Å². The molecule has 0 aliphatic rings. The molecule has 21 heavy (non-hydrogen) atoms. The number of aliphatic hydroxyl groups excluding tert-OH is 1. The van der Waals surface area contributed by atoms with E-state index in [9.17, 15) is 26.0 Å². The van der Waals surface area contributed by atoms with Crippen LogP contribution < -0.4 is 0 Å². The molecule has 0 aliphatic carbocycles. The van der Waals surface area contributed by atoms with Gasteiger partial charge in [-0.3, -0.25) is 0 Å². The second-order valence-electron chi connectivity index (χ2n) is 4.61. The predicted octanol–water partition coefficient (Wildman–Crippen LogP) is 2.24. The standard InChI is InChI=1S/C12H15F4NO3S/c1-8(18)5-6-17(2)21(19,20)11-7-9(12(14,15)16)3-4-10(11)13/h3-4,7-8,18H,5-6H2,1-2H3. The van der Waals surface area contributed by atoms with Gasteiger partial charge in [-0.2, -0.15) is 13.2 Å². The first-order chi connectivity index (χ1) is 9.46. The molecule has 1 aromatic rings. The summed E-state index contributed by atoms with van der Waals surface area (Å²) in [6, 6.07) is 1.21. The molecule has 0 aliphatic heterocycles. The van der Waals surface area contributed by atoms with Crippen molar-refractivity contribution in [1.82, 2.24) is 4.31 Å². The predicted molar refractivity (Wildman–Crippen MR) is 67.5 cm³/mol. The minimum absolute atomic E-state index is 0.0797. The van der Waals surface area contributed by atoms with Crippen LogP contribution in [0, 0.1) is 5.82 Å². The monoisotopic (exact) mass is 329 g/mol. The molecule has 4 nitrogen and oxygen atoms in total. The zero-order valence-corrected chi connectivity index (χ0v) is 12.2. The highest BCUT2D eigenvalue weighted by atomic mass is 32.2. The molecule has 9 heteroatoms. The fraction of sp³-hybridized carbons (Fsp3) is 0.500. The summed E-state index contributed by atoms with van der Waals surface area (Å²) in [5.74, 6) is -1.26. The van der Waals surface area contributed by atoms with Gasteiger partial charge in [-0.05, 0) is 31.5 Å². The lowest BCUT2D eigenvalue weighted by atomic mass is 10.2. The zero-order valence-electron chi connectivity index (χ0n) is 11.4. The van der Waals surface area contributed by atoms with E-state index in [0.29, 0.717) is 16.4 Å². The second-order valence-corrected chi connectivity index (χ2v) is 6.62. The summed E-state index contributed by atoms with van der Waals surface area (Å²) in [5, 5.41) is 9.10. The molecule has 1 N–H and O–H groups in total. The lowest BCUT2D eigenvalue weighted by molar-refractivity contribution is -0.137. The quantitative estimate of drug-likeness (QED) is 0.843. The first-order valence-electron chi connectivity index (χ1n) is 5.97. The zero-order chi connectivity index (χ0) is 16.4. The summed E-state index contributed by atoms with van der Waals surface area (Å²) in [6.45, 7) is 1.29. The third-order valence-corrected chi connectivity index (χ3v) is 4.68. The van der Waals surface area contributed by atoms with Crippen molar-refractivity contribution in [2.45, 2.75) is 30.5 Å². The van der Waals surface area contributed by atoms with Gasteiger partial charge in [-0.15, -0.1) is 0 Å². The van der Waals surface area contributed by atoms with E-state index in [-0.39, 0.29) is 19.0 Å². The Hall–Kier alpha value is -1.19. The lowest BCUT2D eigenvalue weighted by Crippen LogP contribution is -2.30. The first-order valence-corrected chi connectivity index (χ1v) is 7.41. The Bertz CT molecular complexity index is 599. The summed E-state index contributed by atoms with van der Waals surface area (Å²) in [6.07, 6.45) is -5.47. The van der Waals surface area contributed by atoms with Crippen molar-refractivity contribution in [2.75, 3.05) is 13.6 Å². The Balaban J connectivity index is 3.19. The maximum absolute atomic E-state index is 13.6. The number of halogens is 4. The SMILES string of the molecule is CC(O)CCN(C)S(=O)(=O)c1cc(C(F)(F)F)ccc1F. The third kappa shape index (κ3) is 4.39. The third-order valence-electron chi connectivity index (χ3n) is 2.81. The number of benzene rings is 1. The van der Waals surface area contributed by atoms with Gasteiger partial charge in [-0.25, -0.2) is 17.1 Å². The summed E-state index contributed by atoms with van der Waals surface area (Å²) < 4.78 is 76.2. The first kappa shape index (κ1) is 17.9. The summed E-state index contributed by atoms with van der Waals surface area (Å²) in [7, 11) is -3.29. The van der Waals surface area contributed by atoms with Gasteiger partial charge < -0.3 is 5.11 Å². The van der Waals surface area contributed by atoms with Crippen LogP contribution in [0.3, 0.4) is 0 Å². The van der Waals surface area contributed by atoms with Gasteiger partial charge in [0.25, 0.3) is 0 Å².